The van der Waals surface area contributed by atoms with Crippen LogP contribution in [0, 0.1) is 0 Å². The fourth-order valence-electron chi connectivity index (χ4n) is 4.17. The molecule has 6 rings (SSSR count). The van der Waals surface area contributed by atoms with Gasteiger partial charge in [0.2, 0.25) is 0 Å². The Labute approximate surface area is 195 Å². The van der Waals surface area contributed by atoms with Gasteiger partial charge >= 0.3 is 0 Å². The molecule has 0 amide bonds. The van der Waals surface area contributed by atoms with Gasteiger partial charge in [-0.25, -0.2) is 9.97 Å². The molecule has 0 fully saturated rings. The number of nitrogens with zero attached hydrogens (tertiary/aromatic N) is 5. The summed E-state index contributed by atoms with van der Waals surface area (Å²) in [6.45, 7) is 0. The lowest BCUT2D eigenvalue weighted by atomic mass is 10.0. The van der Waals surface area contributed by atoms with Crippen LogP contribution in [-0.4, -0.2) is 24.5 Å². The highest BCUT2D eigenvalue weighted by atomic mass is 16.1. The molecule has 0 radical (unpaired) electrons. The summed E-state index contributed by atoms with van der Waals surface area (Å²) in [5, 5.41) is 1.07. The average Bonchev–Trinajstić information content (AvgIpc) is 2.89. The summed E-state index contributed by atoms with van der Waals surface area (Å²) in [6, 6.07) is 25.5. The van der Waals surface area contributed by atoms with E-state index in [-0.39, 0.29) is 5.56 Å². The number of pyridine rings is 3. The fraction of sp³-hybridized carbons (Fsp3) is 0.0357. The summed E-state index contributed by atoms with van der Waals surface area (Å²) in [4.78, 5) is 31.5. The van der Waals surface area contributed by atoms with Crippen LogP contribution >= 0.6 is 0 Å². The second kappa shape index (κ2) is 8.33. The first-order valence-corrected chi connectivity index (χ1v) is 11.0. The van der Waals surface area contributed by atoms with Crippen molar-refractivity contribution in [1.29, 1.82) is 0 Å². The van der Waals surface area contributed by atoms with Gasteiger partial charge in [0.05, 0.1) is 11.2 Å². The van der Waals surface area contributed by atoms with Crippen LogP contribution in [0.15, 0.2) is 108 Å². The average molecular weight is 441 g/mol. The molecule has 4 aromatic heterocycles. The van der Waals surface area contributed by atoms with Gasteiger partial charge in [-0.1, -0.05) is 36.4 Å². The molecular formula is C28H19N5O. The Balaban J connectivity index is 1.52. The lowest BCUT2D eigenvalue weighted by Crippen LogP contribution is -2.25. The Morgan fingerprint density at radius 1 is 0.735 bits per heavy atom. The number of para-hydroxylation sites is 1. The van der Waals surface area contributed by atoms with E-state index < -0.39 is 0 Å². The minimum atomic E-state index is -0.191. The van der Waals surface area contributed by atoms with E-state index in [0.29, 0.717) is 23.3 Å². The second-order valence-electron chi connectivity index (χ2n) is 8.05. The van der Waals surface area contributed by atoms with Crippen molar-refractivity contribution < 1.29 is 0 Å². The molecule has 6 nitrogen and oxygen atoms in total. The molecule has 0 saturated carbocycles. The van der Waals surface area contributed by atoms with Gasteiger partial charge in [-0.2, -0.15) is 0 Å². The van der Waals surface area contributed by atoms with E-state index in [4.69, 9.17) is 0 Å². The van der Waals surface area contributed by atoms with Crippen LogP contribution in [0.2, 0.25) is 0 Å². The van der Waals surface area contributed by atoms with Gasteiger partial charge in [-0.05, 0) is 53.6 Å². The monoisotopic (exact) mass is 441 g/mol. The van der Waals surface area contributed by atoms with Crippen LogP contribution in [-0.2, 0) is 6.42 Å². The van der Waals surface area contributed by atoms with Crippen LogP contribution in [0.25, 0.3) is 38.9 Å². The smallest absolute Gasteiger partial charge is 0.267 e. The Kier molecular flexibility index (Phi) is 4.88. The van der Waals surface area contributed by atoms with Crippen molar-refractivity contribution in [3.05, 3.63) is 125 Å². The normalized spacial score (nSPS) is 11.2. The van der Waals surface area contributed by atoms with Crippen molar-refractivity contribution in [1.82, 2.24) is 24.5 Å². The predicted molar refractivity (Wildman–Crippen MR) is 133 cm³/mol. The maximum Gasteiger partial charge on any atom is 0.278 e. The first-order valence-electron chi connectivity index (χ1n) is 11.0. The van der Waals surface area contributed by atoms with Crippen molar-refractivity contribution in [3.8, 4) is 16.8 Å². The highest BCUT2D eigenvalue weighted by molar-refractivity contribution is 5.84. The third-order valence-electron chi connectivity index (χ3n) is 5.81. The molecule has 0 aliphatic heterocycles. The van der Waals surface area contributed by atoms with Crippen molar-refractivity contribution in [3.63, 3.8) is 0 Å². The Morgan fingerprint density at radius 3 is 2.53 bits per heavy atom. The number of benzene rings is 2. The van der Waals surface area contributed by atoms with Gasteiger partial charge in [0, 0.05) is 42.2 Å². The minimum absolute atomic E-state index is 0.191. The molecule has 0 bridgehead atoms. The maximum absolute atomic E-state index is 13.6. The first kappa shape index (κ1) is 19.9. The van der Waals surface area contributed by atoms with Crippen LogP contribution in [0.1, 0.15) is 11.3 Å². The quantitative estimate of drug-likeness (QED) is 0.386. The summed E-state index contributed by atoms with van der Waals surface area (Å²) in [5.74, 6) is 0. The van der Waals surface area contributed by atoms with E-state index in [0.717, 1.165) is 33.3 Å². The molecular weight excluding hydrogens is 422 g/mol. The molecule has 2 aromatic carbocycles. The molecule has 162 valence electrons. The van der Waals surface area contributed by atoms with Crippen molar-refractivity contribution in [2.24, 2.45) is 0 Å². The predicted octanol–water partition coefficient (Wildman–Crippen LogP) is 4.98. The summed E-state index contributed by atoms with van der Waals surface area (Å²) >= 11 is 0. The molecule has 0 unspecified atom stereocenters. The van der Waals surface area contributed by atoms with Crippen LogP contribution in [0.4, 0.5) is 0 Å². The minimum Gasteiger partial charge on any atom is -0.267 e. The van der Waals surface area contributed by atoms with Crippen LogP contribution in [0.5, 0.6) is 0 Å². The first-order chi connectivity index (χ1) is 16.8. The number of aromatic nitrogens is 5. The van der Waals surface area contributed by atoms with Crippen LogP contribution in [0.3, 0.4) is 0 Å². The zero-order valence-corrected chi connectivity index (χ0v) is 18.2. The van der Waals surface area contributed by atoms with E-state index in [1.807, 2.05) is 79.0 Å². The third-order valence-corrected chi connectivity index (χ3v) is 5.81. The van der Waals surface area contributed by atoms with E-state index in [9.17, 15) is 4.79 Å². The van der Waals surface area contributed by atoms with Crippen molar-refractivity contribution >= 4 is 22.1 Å². The fourth-order valence-corrected chi connectivity index (χ4v) is 4.17. The molecule has 0 spiro atoms. The zero-order chi connectivity index (χ0) is 22.9. The SMILES string of the molecule is O=c1c(Cc2cccnc2)nc2cccnc2n1-c1cccc(-c2cnc3ccccc3c2)c1. The van der Waals surface area contributed by atoms with Crippen molar-refractivity contribution in [2.75, 3.05) is 0 Å². The van der Waals surface area contributed by atoms with E-state index in [1.165, 1.54) is 0 Å². The number of hydrogen-bond donors (Lipinski definition) is 0. The molecule has 4 heterocycles. The van der Waals surface area contributed by atoms with Gasteiger partial charge in [0.1, 0.15) is 11.2 Å². The number of fused-ring (bicyclic) bond motifs is 2. The van der Waals surface area contributed by atoms with E-state index in [2.05, 4.69) is 26.0 Å². The van der Waals surface area contributed by atoms with Gasteiger partial charge in [-0.3, -0.25) is 19.3 Å². The molecule has 34 heavy (non-hydrogen) atoms. The Morgan fingerprint density at radius 2 is 1.62 bits per heavy atom. The number of hydrogen-bond acceptors (Lipinski definition) is 5. The largest absolute Gasteiger partial charge is 0.278 e. The molecule has 6 aromatic rings. The molecule has 0 saturated heterocycles. The summed E-state index contributed by atoms with van der Waals surface area (Å²) in [5.41, 5.74) is 6.01. The topological polar surface area (TPSA) is 73.6 Å². The van der Waals surface area contributed by atoms with Gasteiger partial charge in [-0.15, -0.1) is 0 Å². The summed E-state index contributed by atoms with van der Waals surface area (Å²) in [6.07, 6.45) is 7.41. The molecule has 0 N–H and O–H groups in total. The lowest BCUT2D eigenvalue weighted by molar-refractivity contribution is 0.925. The van der Waals surface area contributed by atoms with Gasteiger partial charge in [0.15, 0.2) is 5.65 Å². The summed E-state index contributed by atoms with van der Waals surface area (Å²) < 4.78 is 1.64. The van der Waals surface area contributed by atoms with Gasteiger partial charge in [0.25, 0.3) is 5.56 Å². The van der Waals surface area contributed by atoms with E-state index in [1.54, 1.807) is 23.2 Å². The lowest BCUT2D eigenvalue weighted by Gasteiger charge is -2.13. The number of rotatable bonds is 4. The zero-order valence-electron chi connectivity index (χ0n) is 18.2. The standard InChI is InChI=1S/C28H19N5O/c34-28-26(14-19-6-4-12-29-17-19)32-25-11-5-13-30-27(25)33(28)23-9-3-8-20(16-23)22-15-21-7-1-2-10-24(21)31-18-22/h1-13,15-18H,14H2. The molecule has 6 heteroatoms. The highest BCUT2D eigenvalue weighted by Gasteiger charge is 2.15. The highest BCUT2D eigenvalue weighted by Crippen LogP contribution is 2.25. The Hall–Kier alpha value is -4.71. The molecule has 0 atom stereocenters. The van der Waals surface area contributed by atoms with Crippen LogP contribution < -0.4 is 5.56 Å². The van der Waals surface area contributed by atoms with Crippen molar-refractivity contribution in [2.45, 2.75) is 6.42 Å². The third kappa shape index (κ3) is 3.61. The van der Waals surface area contributed by atoms with E-state index >= 15 is 0 Å². The second-order valence-corrected chi connectivity index (χ2v) is 8.05. The maximum atomic E-state index is 13.6. The molecule has 0 aliphatic carbocycles. The van der Waals surface area contributed by atoms with Gasteiger partial charge < -0.3 is 0 Å². The molecule has 0 aliphatic rings. The Bertz CT molecular complexity index is 1710. The summed E-state index contributed by atoms with van der Waals surface area (Å²) in [7, 11) is 0.